The van der Waals surface area contributed by atoms with E-state index in [1.165, 1.54) is 37.0 Å². The van der Waals surface area contributed by atoms with E-state index < -0.39 is 0 Å². The number of rotatable bonds is 7. The number of nitrogens with zero attached hydrogens (tertiary/aromatic N) is 2. The number of anilines is 2. The molecule has 7 heteroatoms. The highest BCUT2D eigenvalue weighted by Crippen LogP contribution is 2.30. The van der Waals surface area contributed by atoms with Crippen LogP contribution in [-0.4, -0.2) is 47.5 Å². The van der Waals surface area contributed by atoms with Crippen molar-refractivity contribution >= 4 is 28.2 Å². The average Bonchev–Trinajstić information content (AvgIpc) is 3.34. The van der Waals surface area contributed by atoms with Crippen LogP contribution in [0.25, 0.3) is 0 Å². The van der Waals surface area contributed by atoms with Crippen molar-refractivity contribution in [3.63, 3.8) is 0 Å². The monoisotopic (exact) mass is 309 g/mol. The van der Waals surface area contributed by atoms with Crippen LogP contribution in [0.5, 0.6) is 0 Å². The van der Waals surface area contributed by atoms with Crippen molar-refractivity contribution < 1.29 is 4.79 Å². The summed E-state index contributed by atoms with van der Waals surface area (Å²) < 4.78 is 0. The molecule has 0 spiro atoms. The Bertz CT molecular complexity index is 523. The molecule has 2 saturated carbocycles. The normalized spacial score (nSPS) is 19.6. The number of amides is 1. The number of aromatic nitrogens is 1. The van der Waals surface area contributed by atoms with Gasteiger partial charge >= 0.3 is 0 Å². The summed E-state index contributed by atoms with van der Waals surface area (Å²) in [6.07, 6.45) is 4.89. The van der Waals surface area contributed by atoms with Gasteiger partial charge in [-0.3, -0.25) is 9.69 Å². The second-order valence-electron chi connectivity index (χ2n) is 6.11. The smallest absolute Gasteiger partial charge is 0.265 e. The zero-order valence-corrected chi connectivity index (χ0v) is 13.4. The first-order valence-electron chi connectivity index (χ1n) is 7.57. The quantitative estimate of drug-likeness (QED) is 0.711. The van der Waals surface area contributed by atoms with E-state index in [1.54, 1.807) is 0 Å². The molecule has 2 aliphatic carbocycles. The van der Waals surface area contributed by atoms with Crippen LogP contribution in [0.3, 0.4) is 0 Å². The molecule has 21 heavy (non-hydrogen) atoms. The van der Waals surface area contributed by atoms with Gasteiger partial charge in [-0.2, -0.15) is 0 Å². The SMILES string of the molecule is CC(CNC(=O)c1sc(NC2CC2)nc1N)N(C)C1CC1. The highest BCUT2D eigenvalue weighted by molar-refractivity contribution is 7.18. The summed E-state index contributed by atoms with van der Waals surface area (Å²) >= 11 is 1.34. The van der Waals surface area contributed by atoms with Crippen LogP contribution in [0.2, 0.25) is 0 Å². The highest BCUT2D eigenvalue weighted by atomic mass is 32.1. The van der Waals surface area contributed by atoms with Crippen LogP contribution in [0.4, 0.5) is 10.9 Å². The molecule has 1 unspecified atom stereocenters. The Balaban J connectivity index is 1.53. The van der Waals surface area contributed by atoms with Crippen molar-refractivity contribution in [1.82, 2.24) is 15.2 Å². The van der Waals surface area contributed by atoms with Crippen molar-refractivity contribution in [1.29, 1.82) is 0 Å². The minimum atomic E-state index is -0.120. The fourth-order valence-corrected chi connectivity index (χ4v) is 3.14. The van der Waals surface area contributed by atoms with Crippen LogP contribution in [0.1, 0.15) is 42.3 Å². The van der Waals surface area contributed by atoms with E-state index in [9.17, 15) is 4.79 Å². The van der Waals surface area contributed by atoms with Crippen LogP contribution in [0, 0.1) is 0 Å². The minimum Gasteiger partial charge on any atom is -0.382 e. The van der Waals surface area contributed by atoms with Crippen molar-refractivity contribution in [3.05, 3.63) is 4.88 Å². The molecule has 6 nitrogen and oxygen atoms in total. The third kappa shape index (κ3) is 3.65. The lowest BCUT2D eigenvalue weighted by Crippen LogP contribution is -2.41. The summed E-state index contributed by atoms with van der Waals surface area (Å²) in [5.74, 6) is 0.203. The van der Waals surface area contributed by atoms with Crippen molar-refractivity contribution in [3.8, 4) is 0 Å². The van der Waals surface area contributed by atoms with E-state index in [0.29, 0.717) is 35.4 Å². The van der Waals surface area contributed by atoms with Crippen molar-refractivity contribution in [2.24, 2.45) is 0 Å². The minimum absolute atomic E-state index is 0.120. The zero-order chi connectivity index (χ0) is 15.0. The summed E-state index contributed by atoms with van der Waals surface area (Å²) in [5.41, 5.74) is 5.85. The standard InChI is InChI=1S/C14H23N5OS/c1-8(19(2)10-5-6-10)7-16-13(20)11-12(15)18-14(21-11)17-9-3-4-9/h8-10H,3-7,15H2,1-2H3,(H,16,20)(H,17,18). The molecule has 1 heterocycles. The van der Waals surface area contributed by atoms with Gasteiger partial charge in [0, 0.05) is 24.7 Å². The van der Waals surface area contributed by atoms with Crippen LogP contribution < -0.4 is 16.4 Å². The first-order valence-corrected chi connectivity index (χ1v) is 8.39. The average molecular weight is 309 g/mol. The number of carbonyl (C=O) groups is 1. The van der Waals surface area contributed by atoms with Crippen LogP contribution in [-0.2, 0) is 0 Å². The molecule has 0 saturated heterocycles. The van der Waals surface area contributed by atoms with E-state index in [1.807, 2.05) is 0 Å². The molecule has 1 aromatic heterocycles. The molecular weight excluding hydrogens is 286 g/mol. The lowest BCUT2D eigenvalue weighted by molar-refractivity contribution is 0.0944. The van der Waals surface area contributed by atoms with Crippen LogP contribution >= 0.6 is 11.3 Å². The molecule has 0 radical (unpaired) electrons. The molecule has 0 bridgehead atoms. The maximum atomic E-state index is 12.2. The summed E-state index contributed by atoms with van der Waals surface area (Å²) in [5, 5.41) is 7.00. The number of nitrogens with one attached hydrogen (secondary N) is 2. The Kier molecular flexibility index (Phi) is 4.03. The van der Waals surface area contributed by atoms with Crippen molar-refractivity contribution in [2.75, 3.05) is 24.6 Å². The second-order valence-corrected chi connectivity index (χ2v) is 7.11. The molecule has 0 aromatic carbocycles. The van der Waals surface area contributed by atoms with Gasteiger partial charge < -0.3 is 16.4 Å². The topological polar surface area (TPSA) is 83.3 Å². The Morgan fingerprint density at radius 2 is 2.19 bits per heavy atom. The predicted octanol–water partition coefficient (Wildman–Crippen LogP) is 1.51. The van der Waals surface area contributed by atoms with Gasteiger partial charge in [0.1, 0.15) is 10.7 Å². The largest absolute Gasteiger partial charge is 0.382 e. The zero-order valence-electron chi connectivity index (χ0n) is 12.6. The Morgan fingerprint density at radius 1 is 1.48 bits per heavy atom. The summed E-state index contributed by atoms with van der Waals surface area (Å²) in [6, 6.07) is 1.54. The summed E-state index contributed by atoms with van der Waals surface area (Å²) in [7, 11) is 2.12. The molecule has 1 amide bonds. The van der Waals surface area contributed by atoms with Crippen molar-refractivity contribution in [2.45, 2.75) is 50.7 Å². The number of hydrogen-bond donors (Lipinski definition) is 3. The first kappa shape index (κ1) is 14.6. The van der Waals surface area contributed by atoms with Gasteiger partial charge in [0.25, 0.3) is 5.91 Å². The lowest BCUT2D eigenvalue weighted by Gasteiger charge is -2.24. The Morgan fingerprint density at radius 3 is 2.81 bits per heavy atom. The maximum absolute atomic E-state index is 12.2. The number of thiazole rings is 1. The van der Waals surface area contributed by atoms with E-state index in [-0.39, 0.29) is 5.91 Å². The molecule has 2 aliphatic rings. The number of carbonyl (C=O) groups excluding carboxylic acids is 1. The number of hydrogen-bond acceptors (Lipinski definition) is 6. The predicted molar refractivity (Wildman–Crippen MR) is 85.8 cm³/mol. The van der Waals surface area contributed by atoms with E-state index >= 15 is 0 Å². The second kappa shape index (κ2) is 5.81. The van der Waals surface area contributed by atoms with Gasteiger partial charge in [-0.25, -0.2) is 4.98 Å². The molecule has 4 N–H and O–H groups in total. The number of likely N-dealkylation sites (N-methyl/N-ethyl adjacent to an activating group) is 1. The van der Waals surface area contributed by atoms with Gasteiger partial charge in [-0.05, 0) is 39.7 Å². The molecule has 1 aromatic rings. The van der Waals surface area contributed by atoms with Gasteiger partial charge in [0.2, 0.25) is 0 Å². The molecule has 116 valence electrons. The van der Waals surface area contributed by atoms with Gasteiger partial charge in [0.15, 0.2) is 5.13 Å². The first-order chi connectivity index (χ1) is 10.0. The van der Waals surface area contributed by atoms with Gasteiger partial charge in [0.05, 0.1) is 0 Å². The van der Waals surface area contributed by atoms with E-state index in [0.717, 1.165) is 5.13 Å². The molecule has 3 rings (SSSR count). The maximum Gasteiger partial charge on any atom is 0.265 e. The third-order valence-electron chi connectivity index (χ3n) is 4.14. The third-order valence-corrected chi connectivity index (χ3v) is 5.14. The molecule has 2 fully saturated rings. The molecule has 0 aliphatic heterocycles. The fourth-order valence-electron chi connectivity index (χ4n) is 2.27. The van der Waals surface area contributed by atoms with Gasteiger partial charge in [-0.1, -0.05) is 11.3 Å². The molecule has 1 atom stereocenters. The highest BCUT2D eigenvalue weighted by Gasteiger charge is 2.29. The van der Waals surface area contributed by atoms with E-state index in [4.69, 9.17) is 5.73 Å². The number of nitrogens with two attached hydrogens (primary N) is 1. The fraction of sp³-hybridized carbons (Fsp3) is 0.714. The summed E-state index contributed by atoms with van der Waals surface area (Å²) in [6.45, 7) is 2.77. The Hall–Kier alpha value is -1.34. The summed E-state index contributed by atoms with van der Waals surface area (Å²) in [4.78, 5) is 19.3. The lowest BCUT2D eigenvalue weighted by atomic mass is 10.3. The van der Waals surface area contributed by atoms with E-state index in [2.05, 4.69) is 34.5 Å². The van der Waals surface area contributed by atoms with Gasteiger partial charge in [-0.15, -0.1) is 0 Å². The van der Waals surface area contributed by atoms with Crippen LogP contribution in [0.15, 0.2) is 0 Å². The Labute approximate surface area is 129 Å². The molecular formula is C14H23N5OS. The number of nitrogen functional groups attached to an aromatic ring is 1.